The first-order valence-electron chi connectivity index (χ1n) is 15.2. The highest BCUT2D eigenvalue weighted by molar-refractivity contribution is 14.1. The Morgan fingerprint density at radius 3 is 1.98 bits per heavy atom. The maximum Gasteiger partial charge on any atom is 0.306 e. The highest BCUT2D eigenvalue weighted by Gasteiger charge is 2.33. The third-order valence-corrected chi connectivity index (χ3v) is 7.80. The van der Waals surface area contributed by atoms with Crippen LogP contribution in [0.2, 0.25) is 0 Å². The number of aliphatic hydroxyl groups excluding tert-OH is 1. The fourth-order valence-electron chi connectivity index (χ4n) is 4.28. The molecule has 1 aromatic carbocycles. The number of amides is 2. The first-order valence-corrected chi connectivity index (χ1v) is 16.3. The smallest absolute Gasteiger partial charge is 0.306 e. The second kappa shape index (κ2) is 22.7. The van der Waals surface area contributed by atoms with Crippen LogP contribution in [0.4, 0.5) is 0 Å². The maximum absolute atomic E-state index is 13.5. The molecule has 1 aromatic rings. The van der Waals surface area contributed by atoms with E-state index in [0.717, 1.165) is 3.57 Å². The zero-order chi connectivity index (χ0) is 34.6. The lowest BCUT2D eigenvalue weighted by molar-refractivity contribution is -0.144. The Bertz CT molecular complexity index is 1140. The fraction of sp³-hybridized carbons (Fsp3) is 0.625. The molecule has 2 amide bonds. The Labute approximate surface area is 283 Å². The van der Waals surface area contributed by atoms with Crippen molar-refractivity contribution in [1.29, 1.82) is 0 Å². The van der Waals surface area contributed by atoms with E-state index in [1.54, 1.807) is 45.0 Å². The number of rotatable bonds is 24. The number of ketones is 3. The summed E-state index contributed by atoms with van der Waals surface area (Å²) in [5, 5.41) is 14.0. The number of carbonyl (C=O) groups excluding carboxylic acids is 6. The topological polar surface area (TPSA) is 184 Å². The summed E-state index contributed by atoms with van der Waals surface area (Å²) in [4.78, 5) is 76.7. The van der Waals surface area contributed by atoms with E-state index in [-0.39, 0.29) is 77.0 Å². The summed E-state index contributed by atoms with van der Waals surface area (Å²) in [6.45, 7) is 7.25. The number of aliphatic hydroxyl groups is 1. The predicted octanol–water partition coefficient (Wildman–Crippen LogP) is 2.24. The van der Waals surface area contributed by atoms with Gasteiger partial charge in [-0.2, -0.15) is 0 Å². The Balaban J connectivity index is 2.94. The number of nitrogens with one attached hydrogen (secondary N) is 2. The molecule has 0 saturated carbocycles. The number of hydrogen-bond acceptors (Lipinski definition) is 11. The van der Waals surface area contributed by atoms with Crippen LogP contribution in [-0.2, 0) is 42.9 Å². The molecule has 0 aliphatic rings. The first kappa shape index (κ1) is 41.2. The van der Waals surface area contributed by atoms with Crippen LogP contribution in [0.15, 0.2) is 24.3 Å². The van der Waals surface area contributed by atoms with Crippen LogP contribution in [0.1, 0.15) is 63.7 Å². The molecular formula is C32H47IN2O11. The van der Waals surface area contributed by atoms with Crippen molar-refractivity contribution < 1.29 is 52.8 Å². The first-order chi connectivity index (χ1) is 21.8. The molecule has 0 spiro atoms. The summed E-state index contributed by atoms with van der Waals surface area (Å²) in [7, 11) is 1.20. The number of methoxy groups -OCH3 is 1. The second-order valence-corrected chi connectivity index (χ2v) is 12.1. The van der Waals surface area contributed by atoms with Gasteiger partial charge >= 0.3 is 5.97 Å². The highest BCUT2D eigenvalue weighted by atomic mass is 127. The molecule has 46 heavy (non-hydrogen) atoms. The molecule has 1 rings (SSSR count). The Morgan fingerprint density at radius 1 is 0.804 bits per heavy atom. The van der Waals surface area contributed by atoms with Gasteiger partial charge in [0.2, 0.25) is 5.91 Å². The normalized spacial score (nSPS) is 13.7. The van der Waals surface area contributed by atoms with Gasteiger partial charge in [0.15, 0.2) is 17.8 Å². The van der Waals surface area contributed by atoms with Crippen molar-refractivity contribution in [3.63, 3.8) is 0 Å². The Hall–Kier alpha value is -2.79. The molecule has 4 atom stereocenters. The fourth-order valence-corrected chi connectivity index (χ4v) is 4.64. The van der Waals surface area contributed by atoms with Crippen molar-refractivity contribution in [3.05, 3.63) is 33.4 Å². The number of ether oxygens (including phenoxy) is 4. The number of Topliss-reactive ketones (excluding diaryl/α,β-unsaturated/α-hetero) is 3. The van der Waals surface area contributed by atoms with E-state index in [0.29, 0.717) is 5.56 Å². The van der Waals surface area contributed by atoms with E-state index in [1.165, 1.54) is 14.0 Å². The van der Waals surface area contributed by atoms with Crippen LogP contribution in [0.5, 0.6) is 0 Å². The Kier molecular flexibility index (Phi) is 20.3. The largest absolute Gasteiger partial charge is 0.469 e. The van der Waals surface area contributed by atoms with Gasteiger partial charge in [-0.1, -0.05) is 20.8 Å². The van der Waals surface area contributed by atoms with Crippen LogP contribution in [0.25, 0.3) is 0 Å². The van der Waals surface area contributed by atoms with Crippen LogP contribution < -0.4 is 10.6 Å². The molecule has 0 fully saturated rings. The summed E-state index contributed by atoms with van der Waals surface area (Å²) >= 11 is 2.11. The molecule has 0 aliphatic carbocycles. The summed E-state index contributed by atoms with van der Waals surface area (Å²) in [6.07, 6.45) is -2.02. The monoisotopic (exact) mass is 762 g/mol. The molecule has 14 heteroatoms. The lowest BCUT2D eigenvalue weighted by Gasteiger charge is -2.25. The zero-order valence-corrected chi connectivity index (χ0v) is 29.3. The number of benzene rings is 1. The molecule has 0 radical (unpaired) electrons. The van der Waals surface area contributed by atoms with E-state index < -0.39 is 53.5 Å². The number of esters is 1. The molecule has 0 heterocycles. The standard InChI is InChI=1S/C32H47IN2O11/c1-6-26(37)23(18-29(40)43-5)17-27(38)21(4)34-31(42)25(20(2)3)19-28(39)32(46-16-15-45-14-13-44-12-11-36)35-30(41)22-7-9-24(33)10-8-22/h7-10,20-21,23,25,32,36H,6,11-19H2,1-5H3,(H,34,42)(H,35,41). The minimum Gasteiger partial charge on any atom is -0.469 e. The van der Waals surface area contributed by atoms with E-state index >= 15 is 0 Å². The van der Waals surface area contributed by atoms with Gasteiger partial charge in [0.1, 0.15) is 5.78 Å². The molecule has 0 aliphatic heterocycles. The molecule has 0 bridgehead atoms. The summed E-state index contributed by atoms with van der Waals surface area (Å²) in [5.41, 5.74) is 0.316. The molecule has 0 saturated heterocycles. The SMILES string of the molecule is CCC(=O)C(CC(=O)OC)CC(=O)C(C)NC(=O)C(CC(=O)C(NC(=O)c1ccc(I)cc1)OCCOCCOCCO)C(C)C. The van der Waals surface area contributed by atoms with E-state index in [4.69, 9.17) is 19.3 Å². The molecule has 3 N–H and O–H groups in total. The third-order valence-electron chi connectivity index (χ3n) is 7.08. The molecular weight excluding hydrogens is 715 g/mol. The summed E-state index contributed by atoms with van der Waals surface area (Å²) < 4.78 is 21.8. The van der Waals surface area contributed by atoms with Gasteiger partial charge in [0, 0.05) is 40.2 Å². The number of hydrogen-bond donors (Lipinski definition) is 3. The number of carbonyl (C=O) groups is 6. The minimum absolute atomic E-state index is 0.0450. The molecule has 13 nitrogen and oxygen atoms in total. The summed E-state index contributed by atoms with van der Waals surface area (Å²) in [6, 6.07) is 5.73. The van der Waals surface area contributed by atoms with Gasteiger partial charge < -0.3 is 34.7 Å². The van der Waals surface area contributed by atoms with Crippen molar-refractivity contribution in [2.24, 2.45) is 17.8 Å². The molecule has 0 aromatic heterocycles. The minimum atomic E-state index is -1.38. The lowest BCUT2D eigenvalue weighted by atomic mass is 9.88. The zero-order valence-electron chi connectivity index (χ0n) is 27.2. The van der Waals surface area contributed by atoms with Gasteiger partial charge in [-0.25, -0.2) is 0 Å². The quantitative estimate of drug-likeness (QED) is 0.0608. The van der Waals surface area contributed by atoms with Gasteiger partial charge in [-0.05, 0) is 59.7 Å². The average molecular weight is 763 g/mol. The van der Waals surface area contributed by atoms with Gasteiger partial charge in [0.25, 0.3) is 5.91 Å². The van der Waals surface area contributed by atoms with Crippen molar-refractivity contribution >= 4 is 57.7 Å². The highest BCUT2D eigenvalue weighted by Crippen LogP contribution is 2.19. The van der Waals surface area contributed by atoms with Crippen molar-refractivity contribution in [1.82, 2.24) is 10.6 Å². The van der Waals surface area contributed by atoms with E-state index in [2.05, 4.69) is 38.0 Å². The Morgan fingerprint density at radius 2 is 1.41 bits per heavy atom. The van der Waals surface area contributed by atoms with Crippen molar-refractivity contribution in [2.45, 2.75) is 65.6 Å². The van der Waals surface area contributed by atoms with Gasteiger partial charge in [-0.3, -0.25) is 28.8 Å². The predicted molar refractivity (Wildman–Crippen MR) is 176 cm³/mol. The van der Waals surface area contributed by atoms with Crippen molar-refractivity contribution in [2.75, 3.05) is 46.8 Å². The van der Waals surface area contributed by atoms with Crippen LogP contribution in [-0.4, -0.2) is 99.3 Å². The lowest BCUT2D eigenvalue weighted by Crippen LogP contribution is -2.47. The molecule has 4 unspecified atom stereocenters. The van der Waals surface area contributed by atoms with Crippen molar-refractivity contribution in [3.8, 4) is 0 Å². The summed E-state index contributed by atoms with van der Waals surface area (Å²) in [5.74, 6) is -5.01. The van der Waals surface area contributed by atoms with E-state index in [1.807, 2.05) is 0 Å². The van der Waals surface area contributed by atoms with Crippen LogP contribution >= 0.6 is 22.6 Å². The van der Waals surface area contributed by atoms with E-state index in [9.17, 15) is 28.8 Å². The average Bonchev–Trinajstić information content (AvgIpc) is 3.03. The third kappa shape index (κ3) is 15.7. The van der Waals surface area contributed by atoms with Gasteiger partial charge in [-0.15, -0.1) is 0 Å². The molecule has 258 valence electrons. The van der Waals surface area contributed by atoms with Crippen LogP contribution in [0, 0.1) is 21.3 Å². The second-order valence-electron chi connectivity index (χ2n) is 10.9. The number of halogens is 1. The van der Waals surface area contributed by atoms with Gasteiger partial charge in [0.05, 0.1) is 59.2 Å². The maximum atomic E-state index is 13.5. The van der Waals surface area contributed by atoms with Crippen LogP contribution in [0.3, 0.4) is 0 Å².